The van der Waals surface area contributed by atoms with Crippen molar-refractivity contribution in [3.63, 3.8) is 0 Å². The first-order valence-electron chi connectivity index (χ1n) is 6.63. The molecule has 0 aliphatic carbocycles. The first-order valence-corrected chi connectivity index (χ1v) is 6.63. The van der Waals surface area contributed by atoms with Crippen LogP contribution >= 0.6 is 0 Å². The molecule has 0 spiro atoms. The van der Waals surface area contributed by atoms with Crippen molar-refractivity contribution < 1.29 is 9.13 Å². The molecule has 0 N–H and O–H groups in total. The summed E-state index contributed by atoms with van der Waals surface area (Å²) in [6, 6.07) is 0. The van der Waals surface area contributed by atoms with Crippen LogP contribution in [0, 0.1) is 11.8 Å². The highest BCUT2D eigenvalue weighted by Crippen LogP contribution is 2.25. The fraction of sp³-hybridized carbons (Fsp3) is 1.00. The van der Waals surface area contributed by atoms with Gasteiger partial charge in [0.1, 0.15) is 6.17 Å². The summed E-state index contributed by atoms with van der Waals surface area (Å²) in [6.45, 7) is 8.12. The Morgan fingerprint density at radius 2 is 1.94 bits per heavy atom. The normalized spacial score (nSPS) is 38.8. The molecule has 0 radical (unpaired) electrons. The highest BCUT2D eigenvalue weighted by Gasteiger charge is 2.30. The molecule has 2 aliphatic rings. The number of alkyl halides is 1. The second-order valence-corrected chi connectivity index (χ2v) is 5.67. The van der Waals surface area contributed by atoms with Crippen molar-refractivity contribution >= 4 is 0 Å². The van der Waals surface area contributed by atoms with Gasteiger partial charge in [0.25, 0.3) is 0 Å². The molecule has 0 aromatic rings. The topological polar surface area (TPSA) is 12.5 Å². The van der Waals surface area contributed by atoms with Gasteiger partial charge in [0, 0.05) is 6.54 Å². The molecule has 2 aliphatic heterocycles. The van der Waals surface area contributed by atoms with Crippen LogP contribution in [0.3, 0.4) is 0 Å². The van der Waals surface area contributed by atoms with Crippen LogP contribution in [0.2, 0.25) is 0 Å². The maximum absolute atomic E-state index is 13.1. The van der Waals surface area contributed by atoms with Crippen molar-refractivity contribution in [1.82, 2.24) is 4.90 Å². The van der Waals surface area contributed by atoms with Gasteiger partial charge in [-0.25, -0.2) is 4.39 Å². The number of likely N-dealkylation sites (tertiary alicyclic amines) is 1. The Morgan fingerprint density at radius 3 is 2.56 bits per heavy atom. The van der Waals surface area contributed by atoms with Crippen molar-refractivity contribution in [2.45, 2.75) is 45.4 Å². The Bertz CT molecular complexity index is 216. The van der Waals surface area contributed by atoms with Gasteiger partial charge in [-0.2, -0.15) is 0 Å². The Morgan fingerprint density at radius 1 is 1.25 bits per heavy atom. The lowest BCUT2D eigenvalue weighted by molar-refractivity contribution is -0.0746. The summed E-state index contributed by atoms with van der Waals surface area (Å²) in [6.07, 6.45) is 2.78. The molecule has 2 saturated heterocycles. The van der Waals surface area contributed by atoms with E-state index >= 15 is 0 Å². The molecule has 0 saturated carbocycles. The minimum Gasteiger partial charge on any atom is -0.374 e. The third kappa shape index (κ3) is 3.17. The maximum atomic E-state index is 13.1. The average molecular weight is 229 g/mol. The zero-order valence-electron chi connectivity index (χ0n) is 10.5. The Labute approximate surface area is 98.1 Å². The lowest BCUT2D eigenvalue weighted by Gasteiger charge is -2.37. The Balaban J connectivity index is 1.76. The van der Waals surface area contributed by atoms with Gasteiger partial charge in [-0.15, -0.1) is 0 Å². The van der Waals surface area contributed by atoms with E-state index in [1.807, 2.05) is 0 Å². The fourth-order valence-corrected chi connectivity index (χ4v) is 2.75. The minimum absolute atomic E-state index is 0.250. The van der Waals surface area contributed by atoms with Crippen LogP contribution in [0.1, 0.15) is 33.1 Å². The van der Waals surface area contributed by atoms with Crippen LogP contribution in [0.25, 0.3) is 0 Å². The van der Waals surface area contributed by atoms with E-state index in [1.165, 1.54) is 25.9 Å². The second kappa shape index (κ2) is 5.46. The molecular formula is C13H24FNO. The first-order chi connectivity index (χ1) is 7.65. The molecule has 2 nitrogen and oxygen atoms in total. The van der Waals surface area contributed by atoms with Crippen LogP contribution in [0.15, 0.2) is 0 Å². The third-order valence-corrected chi connectivity index (χ3v) is 4.07. The summed E-state index contributed by atoms with van der Waals surface area (Å²) in [5.74, 6) is 1.24. The van der Waals surface area contributed by atoms with E-state index < -0.39 is 6.17 Å². The van der Waals surface area contributed by atoms with Gasteiger partial charge in [0.15, 0.2) is 0 Å². The van der Waals surface area contributed by atoms with Gasteiger partial charge in [0.05, 0.1) is 12.7 Å². The molecule has 94 valence electrons. The Hall–Kier alpha value is -0.150. The highest BCUT2D eigenvalue weighted by atomic mass is 19.1. The molecule has 0 aromatic heterocycles. The van der Waals surface area contributed by atoms with Crippen LogP contribution in [0.5, 0.6) is 0 Å². The smallest absolute Gasteiger partial charge is 0.124 e. The number of nitrogens with zero attached hydrogens (tertiary/aromatic N) is 1. The van der Waals surface area contributed by atoms with E-state index in [1.54, 1.807) is 0 Å². The number of halogens is 1. The standard InChI is InChI=1S/C13H24FNO/c1-10-3-5-15(6-4-10)8-13-11(2)7-12(14)9-16-13/h10-13H,3-9H2,1-2H3/t11-,12+,13-/m0/s1. The average Bonchev–Trinajstić information content (AvgIpc) is 2.25. The molecule has 0 bridgehead atoms. The molecule has 0 aromatic carbocycles. The van der Waals surface area contributed by atoms with Crippen molar-refractivity contribution in [2.75, 3.05) is 26.2 Å². The summed E-state index contributed by atoms with van der Waals surface area (Å²) >= 11 is 0. The van der Waals surface area contributed by atoms with Crippen molar-refractivity contribution in [2.24, 2.45) is 11.8 Å². The molecule has 16 heavy (non-hydrogen) atoms. The zero-order chi connectivity index (χ0) is 11.5. The molecule has 2 rings (SSSR count). The highest BCUT2D eigenvalue weighted by molar-refractivity contribution is 4.80. The van der Waals surface area contributed by atoms with Crippen LogP contribution in [-0.2, 0) is 4.74 Å². The zero-order valence-corrected chi connectivity index (χ0v) is 10.5. The molecule has 3 heteroatoms. The third-order valence-electron chi connectivity index (χ3n) is 4.07. The number of rotatable bonds is 2. The maximum Gasteiger partial charge on any atom is 0.124 e. The van der Waals surface area contributed by atoms with Gasteiger partial charge >= 0.3 is 0 Å². The summed E-state index contributed by atoms with van der Waals surface area (Å²) in [5.41, 5.74) is 0. The van der Waals surface area contributed by atoms with E-state index in [0.717, 1.165) is 12.5 Å². The predicted octanol–water partition coefficient (Wildman–Crippen LogP) is 2.48. The molecular weight excluding hydrogens is 205 g/mol. The fourth-order valence-electron chi connectivity index (χ4n) is 2.75. The molecule has 0 amide bonds. The van der Waals surface area contributed by atoms with E-state index in [4.69, 9.17) is 4.74 Å². The monoisotopic (exact) mass is 229 g/mol. The summed E-state index contributed by atoms with van der Waals surface area (Å²) in [7, 11) is 0. The van der Waals surface area contributed by atoms with Gasteiger partial charge < -0.3 is 9.64 Å². The number of hydrogen-bond donors (Lipinski definition) is 0. The van der Waals surface area contributed by atoms with E-state index in [9.17, 15) is 4.39 Å². The van der Waals surface area contributed by atoms with Crippen molar-refractivity contribution in [1.29, 1.82) is 0 Å². The summed E-state index contributed by atoms with van der Waals surface area (Å²) < 4.78 is 18.7. The van der Waals surface area contributed by atoms with E-state index in [2.05, 4.69) is 18.7 Å². The van der Waals surface area contributed by atoms with Crippen molar-refractivity contribution in [3.05, 3.63) is 0 Å². The largest absolute Gasteiger partial charge is 0.374 e. The van der Waals surface area contributed by atoms with Gasteiger partial charge in [-0.3, -0.25) is 0 Å². The van der Waals surface area contributed by atoms with Crippen molar-refractivity contribution in [3.8, 4) is 0 Å². The van der Waals surface area contributed by atoms with Gasteiger partial charge in [-0.1, -0.05) is 13.8 Å². The van der Waals surface area contributed by atoms with Crippen LogP contribution in [-0.4, -0.2) is 43.4 Å². The molecule has 2 heterocycles. The van der Waals surface area contributed by atoms with E-state index in [-0.39, 0.29) is 6.10 Å². The lowest BCUT2D eigenvalue weighted by Crippen LogP contribution is -2.45. The summed E-state index contributed by atoms with van der Waals surface area (Å²) in [5, 5.41) is 0. The van der Waals surface area contributed by atoms with Crippen LogP contribution in [0.4, 0.5) is 4.39 Å². The van der Waals surface area contributed by atoms with Crippen LogP contribution < -0.4 is 0 Å². The van der Waals surface area contributed by atoms with E-state index in [0.29, 0.717) is 18.9 Å². The SMILES string of the molecule is CC1CCN(C[C@@H]2OC[C@H](F)C[C@@H]2C)CC1. The lowest BCUT2D eigenvalue weighted by atomic mass is 9.93. The first kappa shape index (κ1) is 12.3. The number of ether oxygens (including phenoxy) is 1. The van der Waals surface area contributed by atoms with Gasteiger partial charge in [0.2, 0.25) is 0 Å². The number of hydrogen-bond acceptors (Lipinski definition) is 2. The summed E-state index contributed by atoms with van der Waals surface area (Å²) in [4.78, 5) is 2.49. The minimum atomic E-state index is -0.743. The van der Waals surface area contributed by atoms with Gasteiger partial charge in [-0.05, 0) is 44.2 Å². The quantitative estimate of drug-likeness (QED) is 0.721. The predicted molar refractivity (Wildman–Crippen MR) is 63.3 cm³/mol. The molecule has 0 unspecified atom stereocenters. The Kier molecular flexibility index (Phi) is 4.20. The molecule has 2 fully saturated rings. The second-order valence-electron chi connectivity index (χ2n) is 5.67. The number of piperidine rings is 1. The molecule has 3 atom stereocenters.